The minimum Gasteiger partial charge on any atom is -0.303 e. The Morgan fingerprint density at radius 3 is 1.95 bits per heavy atom. The molecular formula is C19H38N2. The summed E-state index contributed by atoms with van der Waals surface area (Å²) >= 11 is 0. The van der Waals surface area contributed by atoms with Gasteiger partial charge in [0.15, 0.2) is 0 Å². The summed E-state index contributed by atoms with van der Waals surface area (Å²) in [7, 11) is 2.38. The number of likely N-dealkylation sites (tertiary alicyclic amines) is 1. The van der Waals surface area contributed by atoms with Gasteiger partial charge in [-0.15, -0.1) is 0 Å². The fourth-order valence-corrected chi connectivity index (χ4v) is 4.44. The van der Waals surface area contributed by atoms with E-state index in [2.05, 4.69) is 44.5 Å². The lowest BCUT2D eigenvalue weighted by atomic mass is 9.77. The molecule has 0 spiro atoms. The van der Waals surface area contributed by atoms with Crippen LogP contribution in [0, 0.1) is 17.8 Å². The second-order valence-corrected chi connectivity index (χ2v) is 8.33. The predicted molar refractivity (Wildman–Crippen MR) is 92.6 cm³/mol. The van der Waals surface area contributed by atoms with Crippen LogP contribution < -0.4 is 0 Å². The maximum absolute atomic E-state index is 2.69. The third-order valence-electron chi connectivity index (χ3n) is 6.23. The van der Waals surface area contributed by atoms with E-state index >= 15 is 0 Å². The topological polar surface area (TPSA) is 6.48 Å². The second kappa shape index (κ2) is 7.97. The van der Waals surface area contributed by atoms with Gasteiger partial charge in [-0.25, -0.2) is 0 Å². The van der Waals surface area contributed by atoms with E-state index in [0.29, 0.717) is 0 Å². The average Bonchev–Trinajstić information content (AvgIpc) is 2.47. The van der Waals surface area contributed by atoms with Gasteiger partial charge in [0.05, 0.1) is 0 Å². The summed E-state index contributed by atoms with van der Waals surface area (Å²) in [6, 6.07) is 1.56. The molecule has 1 aliphatic carbocycles. The maximum atomic E-state index is 2.69. The summed E-state index contributed by atoms with van der Waals surface area (Å²) in [5.41, 5.74) is 0. The molecule has 2 nitrogen and oxygen atoms in total. The third kappa shape index (κ3) is 4.96. The molecule has 1 saturated carbocycles. The van der Waals surface area contributed by atoms with Gasteiger partial charge in [0, 0.05) is 18.6 Å². The molecule has 2 aliphatic rings. The molecule has 2 fully saturated rings. The van der Waals surface area contributed by atoms with Gasteiger partial charge in [0.2, 0.25) is 0 Å². The Morgan fingerprint density at radius 1 is 0.905 bits per heavy atom. The van der Waals surface area contributed by atoms with E-state index in [1.807, 2.05) is 0 Å². The minimum atomic E-state index is 0.725. The van der Waals surface area contributed by atoms with Gasteiger partial charge >= 0.3 is 0 Å². The van der Waals surface area contributed by atoms with Crippen LogP contribution in [0.25, 0.3) is 0 Å². The first-order valence-corrected chi connectivity index (χ1v) is 9.41. The Hall–Kier alpha value is -0.0800. The van der Waals surface area contributed by atoms with Gasteiger partial charge in [-0.2, -0.15) is 0 Å². The van der Waals surface area contributed by atoms with Crippen LogP contribution in [0.15, 0.2) is 0 Å². The zero-order chi connectivity index (χ0) is 15.4. The molecule has 1 saturated heterocycles. The normalized spacial score (nSPS) is 29.7. The molecule has 0 atom stereocenters. The highest BCUT2D eigenvalue weighted by molar-refractivity contribution is 4.82. The smallest absolute Gasteiger partial charge is 0.0117 e. The monoisotopic (exact) mass is 294 g/mol. The van der Waals surface area contributed by atoms with Crippen LogP contribution in [0.3, 0.4) is 0 Å². The Bertz CT molecular complexity index is 284. The largest absolute Gasteiger partial charge is 0.303 e. The first kappa shape index (κ1) is 17.3. The van der Waals surface area contributed by atoms with Crippen molar-refractivity contribution in [3.05, 3.63) is 0 Å². The van der Waals surface area contributed by atoms with E-state index in [1.54, 1.807) is 0 Å². The fraction of sp³-hybridized carbons (Fsp3) is 1.00. The Labute approximate surface area is 133 Å². The Kier molecular flexibility index (Phi) is 6.55. The Balaban J connectivity index is 1.70. The summed E-state index contributed by atoms with van der Waals surface area (Å²) < 4.78 is 0. The highest BCUT2D eigenvalue weighted by Crippen LogP contribution is 2.34. The van der Waals surface area contributed by atoms with Crippen LogP contribution in [0.5, 0.6) is 0 Å². The predicted octanol–water partition coefficient (Wildman–Crippen LogP) is 4.25. The van der Waals surface area contributed by atoms with Crippen LogP contribution >= 0.6 is 0 Å². The van der Waals surface area contributed by atoms with Crippen LogP contribution in [-0.4, -0.2) is 48.6 Å². The molecule has 0 bridgehead atoms. The number of nitrogens with zero attached hydrogens (tertiary/aromatic N) is 2. The van der Waals surface area contributed by atoms with Crippen molar-refractivity contribution < 1.29 is 0 Å². The van der Waals surface area contributed by atoms with E-state index < -0.39 is 0 Å². The number of hydrogen-bond donors (Lipinski definition) is 0. The molecule has 1 heterocycles. The molecule has 0 aromatic rings. The second-order valence-electron chi connectivity index (χ2n) is 8.33. The molecular weight excluding hydrogens is 256 g/mol. The molecule has 0 unspecified atom stereocenters. The molecule has 0 amide bonds. The molecule has 124 valence electrons. The van der Waals surface area contributed by atoms with Crippen molar-refractivity contribution in [2.45, 2.75) is 78.3 Å². The van der Waals surface area contributed by atoms with Crippen molar-refractivity contribution in [1.82, 2.24) is 9.80 Å². The highest BCUT2D eigenvalue weighted by Gasteiger charge is 2.28. The van der Waals surface area contributed by atoms with Crippen LogP contribution in [0.4, 0.5) is 0 Å². The van der Waals surface area contributed by atoms with Gasteiger partial charge in [0.1, 0.15) is 0 Å². The van der Waals surface area contributed by atoms with E-state index in [0.717, 1.165) is 29.8 Å². The van der Waals surface area contributed by atoms with Gasteiger partial charge < -0.3 is 9.80 Å². The maximum Gasteiger partial charge on any atom is 0.0117 e. The van der Waals surface area contributed by atoms with Crippen molar-refractivity contribution in [3.8, 4) is 0 Å². The first-order chi connectivity index (χ1) is 9.97. The molecule has 0 aromatic heterocycles. The van der Waals surface area contributed by atoms with E-state index in [4.69, 9.17) is 0 Å². The van der Waals surface area contributed by atoms with Gasteiger partial charge in [-0.05, 0) is 90.3 Å². The fourth-order valence-electron chi connectivity index (χ4n) is 4.44. The zero-order valence-electron chi connectivity index (χ0n) is 15.1. The van der Waals surface area contributed by atoms with E-state index in [9.17, 15) is 0 Å². The van der Waals surface area contributed by atoms with Crippen molar-refractivity contribution in [3.63, 3.8) is 0 Å². The van der Waals surface area contributed by atoms with Gasteiger partial charge in [-0.1, -0.05) is 13.8 Å². The highest BCUT2D eigenvalue weighted by atomic mass is 15.2. The van der Waals surface area contributed by atoms with Crippen molar-refractivity contribution in [2.75, 3.05) is 26.7 Å². The zero-order valence-corrected chi connectivity index (χ0v) is 15.1. The SMILES string of the molecule is CC(C)C1CCC(CN(C)C2CCN(C(C)C)CC2)CC1. The molecule has 2 heteroatoms. The average molecular weight is 295 g/mol. The molecule has 0 radical (unpaired) electrons. The molecule has 1 aliphatic heterocycles. The standard InChI is InChI=1S/C19H38N2/c1-15(2)18-8-6-17(7-9-18)14-20(5)19-10-12-21(13-11-19)16(3)4/h15-19H,6-14H2,1-5H3. The number of hydrogen-bond acceptors (Lipinski definition) is 2. The Morgan fingerprint density at radius 2 is 1.48 bits per heavy atom. The summed E-state index contributed by atoms with van der Waals surface area (Å²) in [6.45, 7) is 13.4. The molecule has 2 rings (SSSR count). The lowest BCUT2D eigenvalue weighted by Crippen LogP contribution is -2.46. The quantitative estimate of drug-likeness (QED) is 0.748. The van der Waals surface area contributed by atoms with Crippen molar-refractivity contribution in [2.24, 2.45) is 17.8 Å². The lowest BCUT2D eigenvalue weighted by Gasteiger charge is -2.40. The lowest BCUT2D eigenvalue weighted by molar-refractivity contribution is 0.0876. The molecule has 0 aromatic carbocycles. The first-order valence-electron chi connectivity index (χ1n) is 9.41. The van der Waals surface area contributed by atoms with Gasteiger partial charge in [-0.3, -0.25) is 0 Å². The third-order valence-corrected chi connectivity index (χ3v) is 6.23. The number of piperidine rings is 1. The van der Waals surface area contributed by atoms with Crippen LogP contribution in [0.1, 0.15) is 66.2 Å². The molecule has 0 N–H and O–H groups in total. The van der Waals surface area contributed by atoms with Crippen LogP contribution in [0.2, 0.25) is 0 Å². The van der Waals surface area contributed by atoms with E-state index in [-0.39, 0.29) is 0 Å². The summed E-state index contributed by atoms with van der Waals surface area (Å²) in [5.74, 6) is 2.86. The van der Waals surface area contributed by atoms with Gasteiger partial charge in [0.25, 0.3) is 0 Å². The van der Waals surface area contributed by atoms with Crippen molar-refractivity contribution >= 4 is 0 Å². The minimum absolute atomic E-state index is 0.725. The summed E-state index contributed by atoms with van der Waals surface area (Å²) in [5, 5.41) is 0. The number of rotatable bonds is 5. The molecule has 21 heavy (non-hydrogen) atoms. The summed E-state index contributed by atoms with van der Waals surface area (Å²) in [6.07, 6.45) is 8.63. The van der Waals surface area contributed by atoms with Crippen molar-refractivity contribution in [1.29, 1.82) is 0 Å². The summed E-state index contributed by atoms with van der Waals surface area (Å²) in [4.78, 5) is 5.33. The van der Waals surface area contributed by atoms with Crippen LogP contribution in [-0.2, 0) is 0 Å². The van der Waals surface area contributed by atoms with E-state index in [1.165, 1.54) is 58.2 Å².